The molecule has 0 saturated heterocycles. The fraction of sp³-hybridized carbons (Fsp3) is 0.250. The van der Waals surface area contributed by atoms with Gasteiger partial charge in [0.2, 0.25) is 0 Å². The van der Waals surface area contributed by atoms with Gasteiger partial charge in [0, 0.05) is 42.6 Å². The molecule has 0 bridgehead atoms. The largest absolute Gasteiger partial charge is 0.508 e. The fourth-order valence-corrected chi connectivity index (χ4v) is 3.30. The molecule has 2 aliphatic rings. The Morgan fingerprint density at radius 3 is 2.72 bits per heavy atom. The quantitative estimate of drug-likeness (QED) is 0.876. The minimum atomic E-state index is -0.998. The summed E-state index contributed by atoms with van der Waals surface area (Å²) in [5.41, 5.74) is 2.35. The van der Waals surface area contributed by atoms with Gasteiger partial charge < -0.3 is 19.8 Å². The second-order valence-corrected chi connectivity index (χ2v) is 6.56. The molecule has 5 heteroatoms. The summed E-state index contributed by atoms with van der Waals surface area (Å²) >= 11 is 0. The molecule has 3 rings (SSSR count). The fourth-order valence-electron chi connectivity index (χ4n) is 3.30. The van der Waals surface area contributed by atoms with Gasteiger partial charge in [-0.05, 0) is 31.6 Å². The number of aliphatic hydroxyl groups excluding tert-OH is 1. The van der Waals surface area contributed by atoms with Crippen molar-refractivity contribution in [2.45, 2.75) is 18.9 Å². The van der Waals surface area contributed by atoms with E-state index in [4.69, 9.17) is 4.74 Å². The van der Waals surface area contributed by atoms with Gasteiger partial charge >= 0.3 is 5.97 Å². The molecule has 0 fully saturated rings. The first kappa shape index (κ1) is 16.9. The van der Waals surface area contributed by atoms with Gasteiger partial charge in [0.15, 0.2) is 5.60 Å². The van der Waals surface area contributed by atoms with E-state index in [9.17, 15) is 15.0 Å². The summed E-state index contributed by atoms with van der Waals surface area (Å²) in [7, 11) is 3.82. The van der Waals surface area contributed by atoms with Gasteiger partial charge in [-0.3, -0.25) is 0 Å². The van der Waals surface area contributed by atoms with Crippen LogP contribution in [0, 0.1) is 0 Å². The number of likely N-dealkylation sites (N-methyl/N-ethyl adjacent to an activating group) is 1. The topological polar surface area (TPSA) is 70.0 Å². The van der Waals surface area contributed by atoms with E-state index in [1.165, 1.54) is 0 Å². The number of benzene rings is 1. The minimum absolute atomic E-state index is 0.152. The third-order valence-corrected chi connectivity index (χ3v) is 4.70. The number of fused-ring (bicyclic) bond motifs is 1. The van der Waals surface area contributed by atoms with Crippen LogP contribution in [-0.2, 0) is 10.3 Å². The van der Waals surface area contributed by atoms with Crippen LogP contribution in [0.2, 0.25) is 0 Å². The Kier molecular flexibility index (Phi) is 3.95. The molecule has 0 saturated carbocycles. The predicted octanol–water partition coefficient (Wildman–Crippen LogP) is 3.82. The Bertz CT molecular complexity index is 860. The first-order chi connectivity index (χ1) is 11.7. The van der Waals surface area contributed by atoms with Gasteiger partial charge in [-0.2, -0.15) is 0 Å². The van der Waals surface area contributed by atoms with Crippen LogP contribution in [0.1, 0.15) is 34.8 Å². The maximum atomic E-state index is 11.2. The van der Waals surface area contributed by atoms with E-state index >= 15 is 0 Å². The van der Waals surface area contributed by atoms with Crippen LogP contribution in [0.4, 0.5) is 0 Å². The molecule has 130 valence electrons. The number of aromatic carboxylic acids is 1. The third-order valence-electron chi connectivity index (χ3n) is 4.70. The molecular formula is C20H21NO4. The van der Waals surface area contributed by atoms with Gasteiger partial charge in [-0.1, -0.05) is 18.7 Å². The average molecular weight is 339 g/mol. The first-order valence-corrected chi connectivity index (χ1v) is 7.98. The highest BCUT2D eigenvalue weighted by atomic mass is 16.5. The highest BCUT2D eigenvalue weighted by Crippen LogP contribution is 2.49. The third kappa shape index (κ3) is 2.71. The van der Waals surface area contributed by atoms with Gasteiger partial charge in [0.1, 0.15) is 11.5 Å². The first-order valence-electron chi connectivity index (χ1n) is 7.98. The van der Waals surface area contributed by atoms with Crippen molar-refractivity contribution < 1.29 is 19.7 Å². The number of hydrogen-bond donors (Lipinski definition) is 2. The zero-order valence-electron chi connectivity index (χ0n) is 14.5. The summed E-state index contributed by atoms with van der Waals surface area (Å²) in [5, 5.41) is 19.9. The van der Waals surface area contributed by atoms with E-state index < -0.39 is 11.6 Å². The lowest BCUT2D eigenvalue weighted by atomic mass is 9.84. The number of hydrogen-bond acceptors (Lipinski definition) is 4. The molecule has 1 unspecified atom stereocenters. The molecule has 1 aliphatic heterocycles. The van der Waals surface area contributed by atoms with Crippen molar-refractivity contribution in [3.63, 3.8) is 0 Å². The Morgan fingerprint density at radius 2 is 2.08 bits per heavy atom. The van der Waals surface area contributed by atoms with Crippen molar-refractivity contribution in [3.05, 3.63) is 76.7 Å². The van der Waals surface area contributed by atoms with Crippen LogP contribution >= 0.6 is 0 Å². The van der Waals surface area contributed by atoms with Gasteiger partial charge in [0.05, 0.1) is 5.56 Å². The van der Waals surface area contributed by atoms with Crippen molar-refractivity contribution >= 4 is 11.7 Å². The lowest BCUT2D eigenvalue weighted by molar-refractivity contribution is 0.0696. The van der Waals surface area contributed by atoms with E-state index in [2.05, 4.69) is 6.58 Å². The van der Waals surface area contributed by atoms with E-state index in [0.29, 0.717) is 23.3 Å². The van der Waals surface area contributed by atoms with Gasteiger partial charge in [-0.25, -0.2) is 4.79 Å². The number of ether oxygens (including phenoxy) is 1. The monoisotopic (exact) mass is 339 g/mol. The molecule has 0 aromatic heterocycles. The summed E-state index contributed by atoms with van der Waals surface area (Å²) in [6.07, 6.45) is 6.15. The Hall–Kier alpha value is -2.95. The Morgan fingerprint density at radius 1 is 1.36 bits per heavy atom. The number of aliphatic hydroxyl groups is 1. The molecule has 5 nitrogen and oxygen atoms in total. The van der Waals surface area contributed by atoms with E-state index in [-0.39, 0.29) is 11.3 Å². The summed E-state index contributed by atoms with van der Waals surface area (Å²) in [5.74, 6) is -0.438. The zero-order valence-corrected chi connectivity index (χ0v) is 14.5. The van der Waals surface area contributed by atoms with Crippen molar-refractivity contribution in [2.75, 3.05) is 14.1 Å². The van der Waals surface area contributed by atoms with E-state index in [0.717, 1.165) is 11.3 Å². The van der Waals surface area contributed by atoms with Gasteiger partial charge in [-0.15, -0.1) is 0 Å². The molecule has 1 atom stereocenters. The lowest BCUT2D eigenvalue weighted by Crippen LogP contribution is -2.25. The van der Waals surface area contributed by atoms with Crippen LogP contribution in [0.25, 0.3) is 5.76 Å². The van der Waals surface area contributed by atoms with Crippen LogP contribution in [0.3, 0.4) is 0 Å². The number of carboxylic acid groups (broad SMARTS) is 1. The van der Waals surface area contributed by atoms with Crippen LogP contribution in [0.15, 0.2) is 60.0 Å². The Labute approximate surface area is 146 Å². The second kappa shape index (κ2) is 5.84. The molecule has 1 aliphatic carbocycles. The average Bonchev–Trinajstić information content (AvgIpc) is 2.70. The SMILES string of the molecule is C=C1OC(C)(C2=C(O)C=C(N(C)C)C=CC2)c2ccc(C(=O)O)cc21. The summed E-state index contributed by atoms with van der Waals surface area (Å²) in [4.78, 5) is 13.1. The lowest BCUT2D eigenvalue weighted by Gasteiger charge is -2.28. The molecule has 0 amide bonds. The highest BCUT2D eigenvalue weighted by molar-refractivity contribution is 5.89. The van der Waals surface area contributed by atoms with Crippen molar-refractivity contribution in [1.29, 1.82) is 0 Å². The van der Waals surface area contributed by atoms with Crippen LogP contribution < -0.4 is 0 Å². The summed E-state index contributed by atoms with van der Waals surface area (Å²) in [6.45, 7) is 5.79. The maximum Gasteiger partial charge on any atom is 0.335 e. The molecule has 0 spiro atoms. The highest BCUT2D eigenvalue weighted by Gasteiger charge is 2.43. The molecular weight excluding hydrogens is 318 g/mol. The van der Waals surface area contributed by atoms with Crippen LogP contribution in [0.5, 0.6) is 0 Å². The smallest absolute Gasteiger partial charge is 0.335 e. The number of carboxylic acids is 1. The molecule has 0 radical (unpaired) electrons. The maximum absolute atomic E-state index is 11.2. The number of rotatable bonds is 3. The normalized spacial score (nSPS) is 22.2. The molecule has 1 aromatic rings. The number of carbonyl (C=O) groups is 1. The Balaban J connectivity index is 2.13. The molecule has 25 heavy (non-hydrogen) atoms. The predicted molar refractivity (Wildman–Crippen MR) is 96.1 cm³/mol. The van der Waals surface area contributed by atoms with Crippen molar-refractivity contribution in [1.82, 2.24) is 4.90 Å². The minimum Gasteiger partial charge on any atom is -0.508 e. The molecule has 1 heterocycles. The van der Waals surface area contributed by atoms with E-state index in [1.807, 2.05) is 38.1 Å². The van der Waals surface area contributed by atoms with Crippen LogP contribution in [-0.4, -0.2) is 35.2 Å². The van der Waals surface area contributed by atoms with E-state index in [1.54, 1.807) is 24.3 Å². The summed E-state index contributed by atoms with van der Waals surface area (Å²) < 4.78 is 6.03. The summed E-state index contributed by atoms with van der Waals surface area (Å²) in [6, 6.07) is 4.85. The zero-order chi connectivity index (χ0) is 18.4. The van der Waals surface area contributed by atoms with Crippen molar-refractivity contribution in [3.8, 4) is 0 Å². The number of allylic oxidation sites excluding steroid dienone is 3. The molecule has 1 aromatic carbocycles. The second-order valence-electron chi connectivity index (χ2n) is 6.56. The van der Waals surface area contributed by atoms with Gasteiger partial charge in [0.25, 0.3) is 0 Å². The standard InChI is InChI=1S/C20H21NO4/c1-12-15-10-13(19(23)24)8-9-16(15)20(2,25-12)17-7-5-6-14(21(3)4)11-18(17)22/h5-6,8-11,22H,1,7H2,2-4H3,(H,23,24). The van der Waals surface area contributed by atoms with Crippen molar-refractivity contribution in [2.24, 2.45) is 0 Å². The molecule has 2 N–H and O–H groups in total. The number of nitrogens with zero attached hydrogens (tertiary/aromatic N) is 1.